The molecule has 7 heteroatoms. The van der Waals surface area contributed by atoms with Gasteiger partial charge in [0.15, 0.2) is 0 Å². The van der Waals surface area contributed by atoms with Crippen LogP contribution in [0.4, 0.5) is 13.2 Å². The highest BCUT2D eigenvalue weighted by atomic mass is 35.5. The molecule has 1 aliphatic carbocycles. The Morgan fingerprint density at radius 3 is 2.36 bits per heavy atom. The smallest absolute Gasteiger partial charge is 0.369 e. The van der Waals surface area contributed by atoms with Crippen molar-refractivity contribution < 1.29 is 27.4 Å². The molecule has 1 rings (SSSR count). The number of rotatable bonds is 4. The maximum absolute atomic E-state index is 11.6. The summed E-state index contributed by atoms with van der Waals surface area (Å²) in [6.45, 7) is -0.273. The monoisotopic (exact) mass is 232 g/mol. The molecule has 1 fully saturated rings. The predicted molar refractivity (Wildman–Crippen MR) is 40.8 cm³/mol. The van der Waals surface area contributed by atoms with Gasteiger partial charge in [-0.05, 0) is 11.6 Å². The quantitative estimate of drug-likeness (QED) is 0.694. The summed E-state index contributed by atoms with van der Waals surface area (Å²) >= 11 is 4.97. The average Bonchev–Trinajstić information content (AvgIpc) is 1.90. The van der Waals surface area contributed by atoms with Gasteiger partial charge < -0.3 is 4.74 Å². The largest absolute Gasteiger partial charge is 0.522 e. The van der Waals surface area contributed by atoms with Crippen molar-refractivity contribution in [1.29, 1.82) is 0 Å². The zero-order valence-electron chi connectivity index (χ0n) is 7.01. The van der Waals surface area contributed by atoms with Crippen molar-refractivity contribution in [2.24, 2.45) is 0 Å². The molecule has 0 unspecified atom stereocenters. The second-order valence-electron chi connectivity index (χ2n) is 2.95. The van der Waals surface area contributed by atoms with Crippen LogP contribution in [-0.2, 0) is 14.3 Å². The first kappa shape index (κ1) is 11.7. The van der Waals surface area contributed by atoms with E-state index in [0.717, 1.165) is 0 Å². The lowest BCUT2D eigenvalue weighted by molar-refractivity contribution is -0.357. The van der Waals surface area contributed by atoms with Gasteiger partial charge in [0.2, 0.25) is 5.24 Å². The van der Waals surface area contributed by atoms with Crippen LogP contribution < -0.4 is 0 Å². The predicted octanol–water partition coefficient (Wildman–Crippen LogP) is 1.84. The zero-order chi connectivity index (χ0) is 10.8. The van der Waals surface area contributed by atoms with E-state index in [4.69, 9.17) is 16.3 Å². The summed E-state index contributed by atoms with van der Waals surface area (Å²) in [6, 6.07) is 0. The third-order valence-corrected chi connectivity index (χ3v) is 1.89. The Labute approximate surface area is 83.1 Å². The zero-order valence-corrected chi connectivity index (χ0v) is 7.77. The summed E-state index contributed by atoms with van der Waals surface area (Å²) in [7, 11) is 0. The van der Waals surface area contributed by atoms with Gasteiger partial charge in [-0.3, -0.25) is 9.53 Å². The fourth-order valence-electron chi connectivity index (χ4n) is 1.12. The van der Waals surface area contributed by atoms with Gasteiger partial charge in [-0.25, -0.2) is 0 Å². The molecule has 1 saturated carbocycles. The first-order valence-corrected chi connectivity index (χ1v) is 4.29. The number of carbonyl (C=O) groups is 1. The molecule has 0 heterocycles. The van der Waals surface area contributed by atoms with Gasteiger partial charge in [-0.15, -0.1) is 13.2 Å². The van der Waals surface area contributed by atoms with Crippen LogP contribution >= 0.6 is 11.6 Å². The molecule has 0 saturated heterocycles. The van der Waals surface area contributed by atoms with Crippen LogP contribution in [0.1, 0.15) is 12.8 Å². The van der Waals surface area contributed by atoms with Gasteiger partial charge in [-0.2, -0.15) is 0 Å². The number of hydrogen-bond acceptors (Lipinski definition) is 3. The molecule has 82 valence electrons. The van der Waals surface area contributed by atoms with Gasteiger partial charge in [-0.1, -0.05) is 0 Å². The normalized spacial score (nSPS) is 27.1. The Morgan fingerprint density at radius 2 is 1.93 bits per heavy atom. The topological polar surface area (TPSA) is 35.5 Å². The highest BCUT2D eigenvalue weighted by molar-refractivity contribution is 6.63. The van der Waals surface area contributed by atoms with Gasteiger partial charge in [0.1, 0.15) is 6.61 Å². The van der Waals surface area contributed by atoms with Crippen LogP contribution in [0.3, 0.4) is 0 Å². The molecular formula is C7H8ClF3O3. The lowest BCUT2D eigenvalue weighted by Gasteiger charge is -2.34. The van der Waals surface area contributed by atoms with Crippen molar-refractivity contribution in [1.82, 2.24) is 0 Å². The van der Waals surface area contributed by atoms with Gasteiger partial charge in [0.25, 0.3) is 0 Å². The van der Waals surface area contributed by atoms with E-state index in [1.54, 1.807) is 0 Å². The molecule has 0 amide bonds. The van der Waals surface area contributed by atoms with Crippen LogP contribution in [0.2, 0.25) is 0 Å². The van der Waals surface area contributed by atoms with E-state index in [2.05, 4.69) is 4.74 Å². The Balaban J connectivity index is 2.09. The first-order valence-electron chi connectivity index (χ1n) is 3.91. The van der Waals surface area contributed by atoms with Crippen molar-refractivity contribution in [3.05, 3.63) is 0 Å². The van der Waals surface area contributed by atoms with E-state index in [-0.39, 0.29) is 25.6 Å². The van der Waals surface area contributed by atoms with Crippen molar-refractivity contribution in [3.63, 3.8) is 0 Å². The third-order valence-electron chi connectivity index (χ3n) is 1.78. The Morgan fingerprint density at radius 1 is 1.36 bits per heavy atom. The Hall–Kier alpha value is -0.330. The Bertz CT molecular complexity index is 213. The van der Waals surface area contributed by atoms with Crippen molar-refractivity contribution in [3.8, 4) is 0 Å². The summed E-state index contributed by atoms with van der Waals surface area (Å²) in [5, 5.41) is -0.662. The van der Waals surface area contributed by atoms with Gasteiger partial charge >= 0.3 is 6.36 Å². The summed E-state index contributed by atoms with van der Waals surface area (Å²) in [4.78, 5) is 10.2. The summed E-state index contributed by atoms with van der Waals surface area (Å²) in [5.41, 5.74) is 0. The summed E-state index contributed by atoms with van der Waals surface area (Å²) in [6.07, 6.45) is -5.53. The lowest BCUT2D eigenvalue weighted by Crippen LogP contribution is -2.41. The van der Waals surface area contributed by atoms with Crippen molar-refractivity contribution in [2.75, 3.05) is 6.61 Å². The molecule has 0 aliphatic heterocycles. The molecule has 3 nitrogen and oxygen atoms in total. The standard InChI is InChI=1S/C7H8ClF3O3/c8-6(12)3-13-4-1-5(2-4)14-7(9,10)11/h4-5H,1-3H2/t4-,5+. The molecule has 0 atom stereocenters. The SMILES string of the molecule is O=C(Cl)CO[C@H]1C[C@@H](OC(F)(F)F)C1. The highest BCUT2D eigenvalue weighted by Gasteiger charge is 2.40. The number of ether oxygens (including phenoxy) is 2. The van der Waals surface area contributed by atoms with E-state index < -0.39 is 17.7 Å². The fraction of sp³-hybridized carbons (Fsp3) is 0.857. The second kappa shape index (κ2) is 4.46. The van der Waals surface area contributed by atoms with E-state index >= 15 is 0 Å². The van der Waals surface area contributed by atoms with Crippen LogP contribution in [0, 0.1) is 0 Å². The van der Waals surface area contributed by atoms with E-state index in [1.807, 2.05) is 0 Å². The average molecular weight is 233 g/mol. The molecule has 0 N–H and O–H groups in total. The number of halogens is 4. The fourth-order valence-corrected chi connectivity index (χ4v) is 1.19. The molecule has 14 heavy (non-hydrogen) atoms. The molecule has 0 radical (unpaired) electrons. The molecule has 0 aromatic heterocycles. The Kier molecular flexibility index (Phi) is 3.74. The number of carbonyl (C=O) groups excluding carboxylic acids is 1. The highest BCUT2D eigenvalue weighted by Crippen LogP contribution is 2.31. The van der Waals surface area contributed by atoms with Crippen molar-refractivity contribution in [2.45, 2.75) is 31.4 Å². The van der Waals surface area contributed by atoms with Crippen LogP contribution in [0.5, 0.6) is 0 Å². The van der Waals surface area contributed by atoms with E-state index in [0.29, 0.717) is 0 Å². The third kappa shape index (κ3) is 4.26. The number of alkyl halides is 3. The van der Waals surface area contributed by atoms with Crippen molar-refractivity contribution >= 4 is 16.8 Å². The maximum Gasteiger partial charge on any atom is 0.522 e. The molecular weight excluding hydrogens is 225 g/mol. The molecule has 0 aromatic carbocycles. The maximum atomic E-state index is 11.6. The molecule has 0 bridgehead atoms. The molecule has 1 aliphatic rings. The molecule has 0 spiro atoms. The van der Waals surface area contributed by atoms with Crippen LogP contribution in [-0.4, -0.2) is 30.4 Å². The second-order valence-corrected chi connectivity index (χ2v) is 3.37. The van der Waals surface area contributed by atoms with Gasteiger partial charge in [0.05, 0.1) is 12.2 Å². The van der Waals surface area contributed by atoms with Gasteiger partial charge in [0, 0.05) is 12.8 Å². The van der Waals surface area contributed by atoms with Crippen LogP contribution in [0.15, 0.2) is 0 Å². The van der Waals surface area contributed by atoms with E-state index in [1.165, 1.54) is 0 Å². The van der Waals surface area contributed by atoms with E-state index in [9.17, 15) is 18.0 Å². The van der Waals surface area contributed by atoms with Crippen LogP contribution in [0.25, 0.3) is 0 Å². The first-order chi connectivity index (χ1) is 6.37. The minimum absolute atomic E-state index is 0.143. The summed E-state index contributed by atoms with van der Waals surface area (Å²) in [5.74, 6) is 0. The number of hydrogen-bond donors (Lipinski definition) is 0. The minimum atomic E-state index is -4.60. The minimum Gasteiger partial charge on any atom is -0.369 e. The summed E-state index contributed by atoms with van der Waals surface area (Å²) < 4.78 is 43.5. The lowest BCUT2D eigenvalue weighted by atomic mass is 9.92. The molecule has 0 aromatic rings.